The summed E-state index contributed by atoms with van der Waals surface area (Å²) < 4.78 is 0. The number of hydrogen-bond donors (Lipinski definition) is 0. The maximum atomic E-state index is 3.84. The topological polar surface area (TPSA) is 0 Å². The quantitative estimate of drug-likeness (QED) is 0.523. The molecule has 10 heavy (non-hydrogen) atoms. The number of rotatable bonds is 3. The van der Waals surface area contributed by atoms with E-state index in [0.29, 0.717) is 5.92 Å². The molecule has 0 heteroatoms. The lowest BCUT2D eigenvalue weighted by Crippen LogP contribution is -1.87. The lowest BCUT2D eigenvalue weighted by molar-refractivity contribution is 0.764. The van der Waals surface area contributed by atoms with Crippen LogP contribution in [-0.2, 0) is 0 Å². The SMILES string of the molecule is C=C(C)CC=C(C)C(C)C. The van der Waals surface area contributed by atoms with E-state index in [0.717, 1.165) is 6.42 Å². The second-order valence-corrected chi connectivity index (χ2v) is 3.26. The number of hydrogen-bond acceptors (Lipinski definition) is 0. The van der Waals surface area contributed by atoms with Crippen molar-refractivity contribution in [2.75, 3.05) is 0 Å². The normalized spacial score (nSPS) is 12.3. The molecular formula is C10H18. The number of allylic oxidation sites excluding steroid dienone is 3. The fourth-order valence-corrected chi connectivity index (χ4v) is 0.571. The van der Waals surface area contributed by atoms with Crippen LogP contribution in [0.25, 0.3) is 0 Å². The second-order valence-electron chi connectivity index (χ2n) is 3.26. The molecule has 0 amide bonds. The molecule has 0 nitrogen and oxygen atoms in total. The van der Waals surface area contributed by atoms with Crippen LogP contribution < -0.4 is 0 Å². The Morgan fingerprint density at radius 3 is 2.20 bits per heavy atom. The molecule has 0 aromatic heterocycles. The van der Waals surface area contributed by atoms with E-state index in [1.54, 1.807) is 0 Å². The fourth-order valence-electron chi connectivity index (χ4n) is 0.571. The van der Waals surface area contributed by atoms with E-state index in [1.807, 2.05) is 0 Å². The van der Waals surface area contributed by atoms with Gasteiger partial charge >= 0.3 is 0 Å². The molecule has 0 heterocycles. The van der Waals surface area contributed by atoms with Crippen LogP contribution in [-0.4, -0.2) is 0 Å². The van der Waals surface area contributed by atoms with Crippen LogP contribution >= 0.6 is 0 Å². The van der Waals surface area contributed by atoms with Gasteiger partial charge < -0.3 is 0 Å². The Kier molecular flexibility index (Phi) is 4.10. The molecule has 0 unspecified atom stereocenters. The minimum Gasteiger partial charge on any atom is -0.0998 e. The Hall–Kier alpha value is -0.520. The van der Waals surface area contributed by atoms with E-state index in [1.165, 1.54) is 11.1 Å². The van der Waals surface area contributed by atoms with Gasteiger partial charge in [0.1, 0.15) is 0 Å². The monoisotopic (exact) mass is 138 g/mol. The van der Waals surface area contributed by atoms with E-state index < -0.39 is 0 Å². The standard InChI is InChI=1S/C10H18/c1-8(2)6-7-10(5)9(3)4/h7,9H,1,6H2,2-5H3. The van der Waals surface area contributed by atoms with Crippen LogP contribution in [0.3, 0.4) is 0 Å². The van der Waals surface area contributed by atoms with Crippen LogP contribution in [0.2, 0.25) is 0 Å². The maximum Gasteiger partial charge on any atom is -0.0142 e. The highest BCUT2D eigenvalue weighted by Gasteiger charge is 1.93. The molecule has 0 rings (SSSR count). The van der Waals surface area contributed by atoms with Crippen LogP contribution in [0.1, 0.15) is 34.1 Å². The molecule has 0 spiro atoms. The zero-order valence-electron chi connectivity index (χ0n) is 7.57. The zero-order valence-corrected chi connectivity index (χ0v) is 7.57. The molecule has 0 saturated carbocycles. The van der Waals surface area contributed by atoms with Crippen molar-refractivity contribution in [3.05, 3.63) is 23.8 Å². The zero-order chi connectivity index (χ0) is 8.15. The van der Waals surface area contributed by atoms with Crippen molar-refractivity contribution < 1.29 is 0 Å². The molecule has 0 aromatic rings. The van der Waals surface area contributed by atoms with E-state index in [-0.39, 0.29) is 0 Å². The molecular weight excluding hydrogens is 120 g/mol. The summed E-state index contributed by atoms with van der Waals surface area (Å²) in [5.41, 5.74) is 2.70. The molecule has 0 N–H and O–H groups in total. The van der Waals surface area contributed by atoms with Gasteiger partial charge in [0.2, 0.25) is 0 Å². The molecule has 0 atom stereocenters. The van der Waals surface area contributed by atoms with Crippen LogP contribution in [0, 0.1) is 5.92 Å². The molecule has 0 radical (unpaired) electrons. The maximum absolute atomic E-state index is 3.84. The van der Waals surface area contributed by atoms with E-state index in [2.05, 4.69) is 40.3 Å². The predicted molar refractivity (Wildman–Crippen MR) is 48.0 cm³/mol. The van der Waals surface area contributed by atoms with Crippen LogP contribution in [0.5, 0.6) is 0 Å². The third-order valence-corrected chi connectivity index (χ3v) is 1.68. The minimum atomic E-state index is 0.680. The van der Waals surface area contributed by atoms with Crippen molar-refractivity contribution >= 4 is 0 Å². The van der Waals surface area contributed by atoms with E-state index in [9.17, 15) is 0 Å². The Morgan fingerprint density at radius 2 is 1.90 bits per heavy atom. The average Bonchev–Trinajstić information content (AvgIpc) is 1.82. The van der Waals surface area contributed by atoms with E-state index >= 15 is 0 Å². The first-order valence-corrected chi connectivity index (χ1v) is 3.85. The van der Waals surface area contributed by atoms with Gasteiger partial charge in [-0.25, -0.2) is 0 Å². The third kappa shape index (κ3) is 4.37. The Morgan fingerprint density at radius 1 is 1.40 bits per heavy atom. The molecule has 0 fully saturated rings. The highest BCUT2D eigenvalue weighted by Crippen LogP contribution is 2.10. The molecule has 0 aromatic carbocycles. The summed E-state index contributed by atoms with van der Waals surface area (Å²) in [5.74, 6) is 0.680. The van der Waals surface area contributed by atoms with Gasteiger partial charge in [0, 0.05) is 0 Å². The Labute approximate surface area is 64.6 Å². The van der Waals surface area contributed by atoms with Gasteiger partial charge in [0.15, 0.2) is 0 Å². The highest BCUT2D eigenvalue weighted by molar-refractivity contribution is 5.07. The summed E-state index contributed by atoms with van der Waals surface area (Å²) in [6, 6.07) is 0. The second kappa shape index (κ2) is 4.32. The van der Waals surface area contributed by atoms with Crippen molar-refractivity contribution in [1.82, 2.24) is 0 Å². The molecule has 58 valence electrons. The molecule has 0 saturated heterocycles. The third-order valence-electron chi connectivity index (χ3n) is 1.68. The molecule has 0 bridgehead atoms. The predicted octanol–water partition coefficient (Wildman–Crippen LogP) is 3.55. The fraction of sp³-hybridized carbons (Fsp3) is 0.600. The Balaban J connectivity index is 3.80. The molecule has 0 aliphatic heterocycles. The molecule has 0 aliphatic rings. The van der Waals surface area contributed by atoms with Gasteiger partial charge in [-0.15, -0.1) is 0 Å². The van der Waals surface area contributed by atoms with Crippen molar-refractivity contribution in [3.8, 4) is 0 Å². The summed E-state index contributed by atoms with van der Waals surface area (Å²) in [5, 5.41) is 0. The van der Waals surface area contributed by atoms with E-state index in [4.69, 9.17) is 0 Å². The first kappa shape index (κ1) is 9.48. The van der Waals surface area contributed by atoms with Gasteiger partial charge in [0.05, 0.1) is 0 Å². The summed E-state index contributed by atoms with van der Waals surface area (Å²) >= 11 is 0. The lowest BCUT2D eigenvalue weighted by Gasteiger charge is -2.03. The average molecular weight is 138 g/mol. The largest absolute Gasteiger partial charge is 0.0998 e. The van der Waals surface area contributed by atoms with Gasteiger partial charge in [-0.3, -0.25) is 0 Å². The van der Waals surface area contributed by atoms with Crippen LogP contribution in [0.4, 0.5) is 0 Å². The van der Waals surface area contributed by atoms with Crippen molar-refractivity contribution in [2.24, 2.45) is 5.92 Å². The van der Waals surface area contributed by atoms with Crippen molar-refractivity contribution in [1.29, 1.82) is 0 Å². The first-order chi connectivity index (χ1) is 4.54. The van der Waals surface area contributed by atoms with Crippen molar-refractivity contribution in [2.45, 2.75) is 34.1 Å². The van der Waals surface area contributed by atoms with Gasteiger partial charge in [-0.05, 0) is 26.2 Å². The van der Waals surface area contributed by atoms with Crippen LogP contribution in [0.15, 0.2) is 23.8 Å². The summed E-state index contributed by atoms with van der Waals surface area (Å²) in [6.07, 6.45) is 3.29. The van der Waals surface area contributed by atoms with Gasteiger partial charge in [-0.2, -0.15) is 0 Å². The first-order valence-electron chi connectivity index (χ1n) is 3.85. The van der Waals surface area contributed by atoms with Crippen molar-refractivity contribution in [3.63, 3.8) is 0 Å². The minimum absolute atomic E-state index is 0.680. The Bertz CT molecular complexity index is 138. The summed E-state index contributed by atoms with van der Waals surface area (Å²) in [7, 11) is 0. The highest BCUT2D eigenvalue weighted by atomic mass is 14.0. The summed E-state index contributed by atoms with van der Waals surface area (Å²) in [6.45, 7) is 12.5. The van der Waals surface area contributed by atoms with Gasteiger partial charge in [0.25, 0.3) is 0 Å². The molecule has 0 aliphatic carbocycles. The summed E-state index contributed by atoms with van der Waals surface area (Å²) in [4.78, 5) is 0. The smallest absolute Gasteiger partial charge is 0.0142 e. The van der Waals surface area contributed by atoms with Gasteiger partial charge in [-0.1, -0.05) is 37.6 Å². The lowest BCUT2D eigenvalue weighted by atomic mass is 10.0.